The molecule has 0 saturated carbocycles. The fraction of sp³-hybridized carbons (Fsp3) is 0.385. The van der Waals surface area contributed by atoms with Crippen molar-refractivity contribution in [1.29, 1.82) is 0 Å². The Hall–Kier alpha value is -3.39. The van der Waals surface area contributed by atoms with E-state index in [-0.39, 0.29) is 11.8 Å². The third-order valence-corrected chi connectivity index (χ3v) is 6.19. The van der Waals surface area contributed by atoms with E-state index in [0.29, 0.717) is 26.2 Å². The van der Waals surface area contributed by atoms with E-state index < -0.39 is 0 Å². The Labute approximate surface area is 200 Å². The number of rotatable bonds is 8. The third kappa shape index (κ3) is 5.07. The lowest BCUT2D eigenvalue weighted by atomic mass is 10.0. The molecule has 7 nitrogen and oxygen atoms in total. The SMILES string of the molecule is CCNC(=O)N(CC)Cc1nn(-c2ccccc2OC)c2c1CN(Cc1ccc(F)cc1)CC2. The summed E-state index contributed by atoms with van der Waals surface area (Å²) < 4.78 is 20.9. The van der Waals surface area contributed by atoms with Crippen molar-refractivity contribution in [2.24, 2.45) is 0 Å². The van der Waals surface area contributed by atoms with Gasteiger partial charge in [0, 0.05) is 44.7 Å². The number of benzene rings is 2. The monoisotopic (exact) mass is 465 g/mol. The summed E-state index contributed by atoms with van der Waals surface area (Å²) >= 11 is 0. The molecular formula is C26H32FN5O2. The molecule has 1 N–H and O–H groups in total. The van der Waals surface area contributed by atoms with E-state index in [9.17, 15) is 9.18 Å². The Bertz CT molecular complexity index is 1130. The van der Waals surface area contributed by atoms with Gasteiger partial charge < -0.3 is 15.0 Å². The van der Waals surface area contributed by atoms with Gasteiger partial charge in [0.2, 0.25) is 0 Å². The lowest BCUT2D eigenvalue weighted by molar-refractivity contribution is 0.197. The van der Waals surface area contributed by atoms with Crippen molar-refractivity contribution in [1.82, 2.24) is 24.9 Å². The number of nitrogens with one attached hydrogen (secondary N) is 1. The van der Waals surface area contributed by atoms with Gasteiger partial charge in [-0.1, -0.05) is 24.3 Å². The molecule has 0 spiro atoms. The first kappa shape index (κ1) is 23.8. The van der Waals surface area contributed by atoms with Crippen molar-refractivity contribution in [3.8, 4) is 11.4 Å². The molecule has 3 aromatic rings. The minimum atomic E-state index is -0.227. The summed E-state index contributed by atoms with van der Waals surface area (Å²) in [6, 6.07) is 14.4. The second kappa shape index (κ2) is 10.7. The number of urea groups is 1. The first-order valence-corrected chi connectivity index (χ1v) is 11.8. The molecule has 0 atom stereocenters. The molecule has 0 fully saturated rings. The van der Waals surface area contributed by atoms with Crippen LogP contribution < -0.4 is 10.1 Å². The average molecular weight is 466 g/mol. The van der Waals surface area contributed by atoms with Gasteiger partial charge in [-0.3, -0.25) is 4.90 Å². The van der Waals surface area contributed by atoms with Gasteiger partial charge in [-0.05, 0) is 43.7 Å². The van der Waals surface area contributed by atoms with Gasteiger partial charge in [0.15, 0.2) is 0 Å². The van der Waals surface area contributed by atoms with Crippen LogP contribution in [-0.2, 0) is 26.1 Å². The summed E-state index contributed by atoms with van der Waals surface area (Å²) in [4.78, 5) is 16.7. The molecule has 2 amide bonds. The minimum absolute atomic E-state index is 0.0930. The lowest BCUT2D eigenvalue weighted by Crippen LogP contribution is -2.39. The molecule has 2 aromatic carbocycles. The van der Waals surface area contributed by atoms with Gasteiger partial charge in [-0.25, -0.2) is 13.9 Å². The Morgan fingerprint density at radius 3 is 2.65 bits per heavy atom. The quantitative estimate of drug-likeness (QED) is 0.543. The largest absolute Gasteiger partial charge is 0.494 e. The number of carbonyl (C=O) groups excluding carboxylic acids is 1. The van der Waals surface area contributed by atoms with Crippen LogP contribution in [0.5, 0.6) is 5.75 Å². The highest BCUT2D eigenvalue weighted by molar-refractivity contribution is 5.74. The average Bonchev–Trinajstić information content (AvgIpc) is 3.21. The summed E-state index contributed by atoms with van der Waals surface area (Å²) in [6.07, 6.45) is 0.814. The summed E-state index contributed by atoms with van der Waals surface area (Å²) in [5, 5.41) is 7.88. The molecule has 1 aliphatic rings. The topological polar surface area (TPSA) is 62.6 Å². The van der Waals surface area contributed by atoms with Crippen LogP contribution in [0.15, 0.2) is 48.5 Å². The van der Waals surface area contributed by atoms with Gasteiger partial charge in [0.25, 0.3) is 0 Å². The van der Waals surface area contributed by atoms with Gasteiger partial charge >= 0.3 is 6.03 Å². The third-order valence-electron chi connectivity index (χ3n) is 6.19. The number of aromatic nitrogens is 2. The molecule has 4 rings (SSSR count). The summed E-state index contributed by atoms with van der Waals surface area (Å²) in [7, 11) is 1.66. The highest BCUT2D eigenvalue weighted by Crippen LogP contribution is 2.30. The second-order valence-corrected chi connectivity index (χ2v) is 8.39. The lowest BCUT2D eigenvalue weighted by Gasteiger charge is -2.28. The summed E-state index contributed by atoms with van der Waals surface area (Å²) in [5.74, 6) is 0.527. The van der Waals surface area contributed by atoms with Crippen LogP contribution in [0, 0.1) is 5.82 Å². The number of halogens is 1. The maximum absolute atomic E-state index is 13.3. The molecule has 0 aliphatic carbocycles. The van der Waals surface area contributed by atoms with E-state index in [1.807, 2.05) is 54.9 Å². The van der Waals surface area contributed by atoms with Crippen LogP contribution in [0.25, 0.3) is 5.69 Å². The fourth-order valence-electron chi connectivity index (χ4n) is 4.43. The van der Waals surface area contributed by atoms with E-state index in [1.165, 1.54) is 12.1 Å². The standard InChI is InChI=1S/C26H32FN5O2/c1-4-28-26(33)31(5-2)18-22-21-17-30(16-19-10-12-20(27)13-11-19)15-14-23(21)32(29-22)24-8-6-7-9-25(24)34-3/h6-13H,4-5,14-18H2,1-3H3,(H,28,33). The zero-order valence-corrected chi connectivity index (χ0v) is 20.1. The number of para-hydroxylation sites is 2. The minimum Gasteiger partial charge on any atom is -0.494 e. The Kier molecular flexibility index (Phi) is 7.47. The van der Waals surface area contributed by atoms with Crippen molar-refractivity contribution in [3.05, 3.63) is 76.9 Å². The van der Waals surface area contributed by atoms with Crippen molar-refractivity contribution >= 4 is 6.03 Å². The Morgan fingerprint density at radius 1 is 1.18 bits per heavy atom. The van der Waals surface area contributed by atoms with E-state index in [0.717, 1.165) is 53.5 Å². The number of nitrogens with zero attached hydrogens (tertiary/aromatic N) is 4. The summed E-state index contributed by atoms with van der Waals surface area (Å²) in [6.45, 7) is 7.78. The van der Waals surface area contributed by atoms with Gasteiger partial charge in [0.05, 0.1) is 25.0 Å². The predicted octanol–water partition coefficient (Wildman–Crippen LogP) is 4.13. The fourth-order valence-corrected chi connectivity index (χ4v) is 4.43. The number of hydrogen-bond acceptors (Lipinski definition) is 4. The zero-order valence-electron chi connectivity index (χ0n) is 20.1. The molecule has 34 heavy (non-hydrogen) atoms. The van der Waals surface area contributed by atoms with Crippen molar-refractivity contribution in [3.63, 3.8) is 0 Å². The van der Waals surface area contributed by atoms with E-state index in [2.05, 4.69) is 10.2 Å². The molecule has 1 aliphatic heterocycles. The number of fused-ring (bicyclic) bond motifs is 1. The van der Waals surface area contributed by atoms with Crippen LogP contribution in [0.3, 0.4) is 0 Å². The highest BCUT2D eigenvalue weighted by Gasteiger charge is 2.28. The number of carbonyl (C=O) groups is 1. The van der Waals surface area contributed by atoms with Gasteiger partial charge in [-0.15, -0.1) is 0 Å². The normalized spacial score (nSPS) is 13.4. The van der Waals surface area contributed by atoms with Crippen molar-refractivity contribution in [2.75, 3.05) is 26.7 Å². The van der Waals surface area contributed by atoms with Crippen LogP contribution >= 0.6 is 0 Å². The molecule has 180 valence electrons. The molecule has 1 aromatic heterocycles. The van der Waals surface area contributed by atoms with Gasteiger partial charge in [0.1, 0.15) is 17.3 Å². The molecule has 0 bridgehead atoms. The highest BCUT2D eigenvalue weighted by atomic mass is 19.1. The zero-order chi connectivity index (χ0) is 24.1. The van der Waals surface area contributed by atoms with E-state index >= 15 is 0 Å². The number of methoxy groups -OCH3 is 1. The molecular weight excluding hydrogens is 433 g/mol. The maximum Gasteiger partial charge on any atom is 0.317 e. The molecule has 0 unspecified atom stereocenters. The van der Waals surface area contributed by atoms with Crippen molar-refractivity contribution < 1.29 is 13.9 Å². The first-order chi connectivity index (χ1) is 16.5. The van der Waals surface area contributed by atoms with Crippen LogP contribution in [0.1, 0.15) is 36.4 Å². The Balaban J connectivity index is 1.68. The molecule has 8 heteroatoms. The van der Waals surface area contributed by atoms with Gasteiger partial charge in [-0.2, -0.15) is 5.10 Å². The van der Waals surface area contributed by atoms with Crippen molar-refractivity contribution in [2.45, 2.75) is 39.9 Å². The predicted molar refractivity (Wildman–Crippen MR) is 129 cm³/mol. The molecule has 0 radical (unpaired) electrons. The summed E-state index contributed by atoms with van der Waals surface area (Å²) in [5.41, 5.74) is 5.13. The second-order valence-electron chi connectivity index (χ2n) is 8.39. The Morgan fingerprint density at radius 2 is 1.94 bits per heavy atom. The maximum atomic E-state index is 13.3. The number of ether oxygens (including phenoxy) is 1. The number of hydrogen-bond donors (Lipinski definition) is 1. The van der Waals surface area contributed by atoms with E-state index in [1.54, 1.807) is 12.0 Å². The van der Waals surface area contributed by atoms with Crippen LogP contribution in [0.4, 0.5) is 9.18 Å². The van der Waals surface area contributed by atoms with Crippen LogP contribution in [0.2, 0.25) is 0 Å². The smallest absolute Gasteiger partial charge is 0.317 e. The number of amides is 2. The molecule has 2 heterocycles. The molecule has 0 saturated heterocycles. The van der Waals surface area contributed by atoms with Crippen LogP contribution in [-0.4, -0.2) is 52.4 Å². The van der Waals surface area contributed by atoms with E-state index in [4.69, 9.17) is 9.84 Å². The first-order valence-electron chi connectivity index (χ1n) is 11.8.